The summed E-state index contributed by atoms with van der Waals surface area (Å²) in [6, 6.07) is 22.7. The summed E-state index contributed by atoms with van der Waals surface area (Å²) >= 11 is 0. The van der Waals surface area contributed by atoms with Gasteiger partial charge in [0.15, 0.2) is 5.76 Å². The second-order valence-corrected chi connectivity index (χ2v) is 7.37. The van der Waals surface area contributed by atoms with E-state index in [0.717, 1.165) is 11.4 Å². The first kappa shape index (κ1) is 19.8. The molecule has 1 fully saturated rings. The van der Waals surface area contributed by atoms with Crippen LogP contribution in [0.15, 0.2) is 77.2 Å². The highest BCUT2D eigenvalue weighted by Crippen LogP contribution is 2.19. The third kappa shape index (κ3) is 4.18. The molecule has 4 aromatic rings. The molecule has 9 nitrogen and oxygen atoms in total. The molecule has 1 aliphatic heterocycles. The number of carbonyl (C=O) groups excluding carboxylic acids is 1. The van der Waals surface area contributed by atoms with E-state index in [9.17, 15) is 4.79 Å². The zero-order chi connectivity index (χ0) is 21.8. The first-order valence-electron chi connectivity index (χ1n) is 10.4. The molecule has 32 heavy (non-hydrogen) atoms. The molecule has 0 aliphatic carbocycles. The first-order chi connectivity index (χ1) is 15.8. The third-order valence-electron chi connectivity index (χ3n) is 5.30. The van der Waals surface area contributed by atoms with Crippen LogP contribution in [0.25, 0.3) is 5.69 Å². The topological polar surface area (TPSA) is 89.5 Å². The quantitative estimate of drug-likeness (QED) is 0.465. The molecule has 0 unspecified atom stereocenters. The van der Waals surface area contributed by atoms with Crippen molar-refractivity contribution in [2.45, 2.75) is 6.61 Å². The standard InChI is InChI=1S/C23H22N6O3/c30-22(21-12-11-20(32-21)17-31-19-9-5-2-6-10-19)27-13-15-28(16-14-27)23-24-25-26-29(23)18-7-3-1-4-8-18/h1-12H,13-17H2. The average Bonchev–Trinajstić information content (AvgIpc) is 3.54. The van der Waals surface area contributed by atoms with E-state index in [4.69, 9.17) is 9.15 Å². The number of rotatable bonds is 6. The van der Waals surface area contributed by atoms with Crippen LogP contribution in [0.4, 0.5) is 5.95 Å². The number of amides is 1. The summed E-state index contributed by atoms with van der Waals surface area (Å²) in [5.41, 5.74) is 0.895. The van der Waals surface area contributed by atoms with E-state index in [2.05, 4.69) is 20.4 Å². The number of piperazine rings is 1. The normalized spacial score (nSPS) is 13.9. The van der Waals surface area contributed by atoms with Crippen molar-refractivity contribution in [1.82, 2.24) is 25.1 Å². The lowest BCUT2D eigenvalue weighted by atomic mass is 10.3. The molecule has 3 heterocycles. The van der Waals surface area contributed by atoms with Gasteiger partial charge in [-0.2, -0.15) is 4.68 Å². The van der Waals surface area contributed by atoms with Crippen LogP contribution in [0.2, 0.25) is 0 Å². The molecule has 2 aromatic heterocycles. The van der Waals surface area contributed by atoms with Crippen molar-refractivity contribution in [2.24, 2.45) is 0 Å². The summed E-state index contributed by atoms with van der Waals surface area (Å²) in [6.07, 6.45) is 0. The number of hydrogen-bond acceptors (Lipinski definition) is 7. The summed E-state index contributed by atoms with van der Waals surface area (Å²) in [6.45, 7) is 2.63. The Bertz CT molecular complexity index is 1170. The molecule has 0 atom stereocenters. The largest absolute Gasteiger partial charge is 0.486 e. The van der Waals surface area contributed by atoms with Crippen molar-refractivity contribution in [3.05, 3.63) is 84.3 Å². The highest BCUT2D eigenvalue weighted by Gasteiger charge is 2.27. The van der Waals surface area contributed by atoms with E-state index < -0.39 is 0 Å². The fraction of sp³-hybridized carbons (Fsp3) is 0.217. The van der Waals surface area contributed by atoms with Gasteiger partial charge in [0, 0.05) is 26.2 Å². The minimum absolute atomic E-state index is 0.127. The lowest BCUT2D eigenvalue weighted by molar-refractivity contribution is 0.0710. The molecule has 1 aliphatic rings. The predicted octanol–water partition coefficient (Wildman–Crippen LogP) is 2.80. The van der Waals surface area contributed by atoms with Gasteiger partial charge in [-0.25, -0.2) is 0 Å². The van der Waals surface area contributed by atoms with Crippen molar-refractivity contribution in [1.29, 1.82) is 0 Å². The number of nitrogens with zero attached hydrogens (tertiary/aromatic N) is 6. The van der Waals surface area contributed by atoms with Gasteiger partial charge in [-0.3, -0.25) is 4.79 Å². The van der Waals surface area contributed by atoms with Gasteiger partial charge in [0.25, 0.3) is 5.91 Å². The minimum Gasteiger partial charge on any atom is -0.486 e. The molecule has 0 saturated carbocycles. The van der Waals surface area contributed by atoms with Crippen LogP contribution < -0.4 is 9.64 Å². The van der Waals surface area contributed by atoms with Crippen molar-refractivity contribution < 1.29 is 13.9 Å². The number of hydrogen-bond donors (Lipinski definition) is 0. The van der Waals surface area contributed by atoms with E-state index in [1.807, 2.05) is 60.7 Å². The van der Waals surface area contributed by atoms with Crippen molar-refractivity contribution >= 4 is 11.9 Å². The lowest BCUT2D eigenvalue weighted by Crippen LogP contribution is -2.49. The molecule has 2 aromatic carbocycles. The van der Waals surface area contributed by atoms with Crippen LogP contribution >= 0.6 is 0 Å². The second-order valence-electron chi connectivity index (χ2n) is 7.37. The number of ether oxygens (including phenoxy) is 1. The van der Waals surface area contributed by atoms with Crippen molar-refractivity contribution in [3.8, 4) is 11.4 Å². The number of para-hydroxylation sites is 2. The summed E-state index contributed by atoms with van der Waals surface area (Å²) in [5, 5.41) is 12.1. The molecule has 1 saturated heterocycles. The number of furan rings is 1. The highest BCUT2D eigenvalue weighted by molar-refractivity contribution is 5.91. The Morgan fingerprint density at radius 3 is 2.38 bits per heavy atom. The maximum Gasteiger partial charge on any atom is 0.289 e. The van der Waals surface area contributed by atoms with E-state index in [1.54, 1.807) is 21.7 Å². The summed E-state index contributed by atoms with van der Waals surface area (Å²) in [5.74, 6) is 2.22. The van der Waals surface area contributed by atoms with Gasteiger partial charge in [0.2, 0.25) is 5.95 Å². The van der Waals surface area contributed by atoms with Crippen LogP contribution in [0, 0.1) is 0 Å². The smallest absolute Gasteiger partial charge is 0.289 e. The van der Waals surface area contributed by atoms with E-state index in [1.165, 1.54) is 0 Å². The highest BCUT2D eigenvalue weighted by atomic mass is 16.5. The number of carbonyl (C=O) groups is 1. The zero-order valence-electron chi connectivity index (χ0n) is 17.4. The minimum atomic E-state index is -0.127. The van der Waals surface area contributed by atoms with Crippen LogP contribution in [0.1, 0.15) is 16.3 Å². The maximum atomic E-state index is 12.9. The van der Waals surface area contributed by atoms with Gasteiger partial charge in [0.05, 0.1) is 5.69 Å². The summed E-state index contributed by atoms with van der Waals surface area (Å²) in [7, 11) is 0. The monoisotopic (exact) mass is 430 g/mol. The van der Waals surface area contributed by atoms with Crippen LogP contribution in [-0.2, 0) is 6.61 Å². The fourth-order valence-electron chi connectivity index (χ4n) is 3.62. The van der Waals surface area contributed by atoms with Gasteiger partial charge in [-0.1, -0.05) is 41.5 Å². The molecule has 0 spiro atoms. The van der Waals surface area contributed by atoms with Crippen LogP contribution in [0.5, 0.6) is 5.75 Å². The fourth-order valence-corrected chi connectivity index (χ4v) is 3.62. The van der Waals surface area contributed by atoms with Gasteiger partial charge in [-0.05, 0) is 46.8 Å². The molecule has 1 amide bonds. The SMILES string of the molecule is O=C(c1ccc(COc2ccccc2)o1)N1CCN(c2nnnn2-c2ccccc2)CC1. The number of benzene rings is 2. The van der Waals surface area contributed by atoms with Crippen LogP contribution in [0.3, 0.4) is 0 Å². The molecule has 0 N–H and O–H groups in total. The first-order valence-corrected chi connectivity index (χ1v) is 10.4. The molecule has 0 radical (unpaired) electrons. The van der Waals surface area contributed by atoms with E-state index in [0.29, 0.717) is 43.6 Å². The van der Waals surface area contributed by atoms with Crippen molar-refractivity contribution in [3.63, 3.8) is 0 Å². The van der Waals surface area contributed by atoms with E-state index >= 15 is 0 Å². The Hall–Kier alpha value is -4.14. The Labute approximate surface area is 184 Å². The Kier molecular flexibility index (Phi) is 5.52. The number of aromatic nitrogens is 4. The molecule has 0 bridgehead atoms. The number of anilines is 1. The third-order valence-corrected chi connectivity index (χ3v) is 5.30. The van der Waals surface area contributed by atoms with Crippen LogP contribution in [-0.4, -0.2) is 57.2 Å². The number of tetrazole rings is 1. The zero-order valence-corrected chi connectivity index (χ0v) is 17.4. The maximum absolute atomic E-state index is 12.9. The van der Waals surface area contributed by atoms with Gasteiger partial charge in [0.1, 0.15) is 18.1 Å². The van der Waals surface area contributed by atoms with E-state index in [-0.39, 0.29) is 12.5 Å². The second kappa shape index (κ2) is 8.93. The molecule has 9 heteroatoms. The summed E-state index contributed by atoms with van der Waals surface area (Å²) in [4.78, 5) is 16.8. The Balaban J connectivity index is 1.19. The Morgan fingerprint density at radius 2 is 1.62 bits per heavy atom. The van der Waals surface area contributed by atoms with Crippen molar-refractivity contribution in [2.75, 3.05) is 31.1 Å². The average molecular weight is 430 g/mol. The Morgan fingerprint density at radius 1 is 0.906 bits per heavy atom. The van der Waals surface area contributed by atoms with Gasteiger partial charge < -0.3 is 19.0 Å². The lowest BCUT2D eigenvalue weighted by Gasteiger charge is -2.34. The van der Waals surface area contributed by atoms with Gasteiger partial charge >= 0.3 is 0 Å². The molecular formula is C23H22N6O3. The van der Waals surface area contributed by atoms with Gasteiger partial charge in [-0.15, -0.1) is 0 Å². The molecule has 162 valence electrons. The molecule has 5 rings (SSSR count). The molecular weight excluding hydrogens is 408 g/mol. The predicted molar refractivity (Wildman–Crippen MR) is 117 cm³/mol. The summed E-state index contributed by atoms with van der Waals surface area (Å²) < 4.78 is 13.1.